The van der Waals surface area contributed by atoms with Crippen LogP contribution in [-0.2, 0) is 11.8 Å². The first-order valence-electron chi connectivity index (χ1n) is 10.9. The number of carbonyl (C=O) groups excluding carboxylic acids is 1. The molecule has 0 spiro atoms. The number of carbonyl (C=O) groups is 1. The molecule has 0 fully saturated rings. The third-order valence-electron chi connectivity index (χ3n) is 5.71. The Morgan fingerprint density at radius 1 is 0.968 bits per heavy atom. The Morgan fingerprint density at radius 2 is 1.65 bits per heavy atom. The Bertz CT molecular complexity index is 1000. The minimum absolute atomic E-state index is 0.00494. The second-order valence-electron chi connectivity index (χ2n) is 9.01. The van der Waals surface area contributed by atoms with Crippen LogP contribution in [0.5, 0.6) is 11.5 Å². The quantitative estimate of drug-likeness (QED) is 0.332. The molecule has 0 bridgehead atoms. The highest BCUT2D eigenvalue weighted by molar-refractivity contribution is 5.97. The van der Waals surface area contributed by atoms with Crippen molar-refractivity contribution in [2.45, 2.75) is 52.4 Å². The van der Waals surface area contributed by atoms with E-state index < -0.39 is 0 Å². The molecule has 0 unspecified atom stereocenters. The first-order valence-corrected chi connectivity index (χ1v) is 10.9. The molecule has 31 heavy (non-hydrogen) atoms. The van der Waals surface area contributed by atoms with Crippen LogP contribution in [0.2, 0.25) is 0 Å². The summed E-state index contributed by atoms with van der Waals surface area (Å²) < 4.78 is 19.9. The summed E-state index contributed by atoms with van der Waals surface area (Å²) in [4.78, 5) is 12.2. The smallest absolute Gasteiger partial charge is 0.165 e. The number of Topliss-reactive ketones (excluding diaryl/α,β-unsaturated/α-hetero) is 1. The lowest BCUT2D eigenvalue weighted by Gasteiger charge is -2.25. The van der Waals surface area contributed by atoms with Gasteiger partial charge in [0.25, 0.3) is 0 Å². The van der Waals surface area contributed by atoms with Crippen LogP contribution in [0.3, 0.4) is 0 Å². The number of hydrogen-bond donors (Lipinski definition) is 0. The molecule has 3 aromatic carbocycles. The van der Waals surface area contributed by atoms with Gasteiger partial charge in [0.2, 0.25) is 0 Å². The zero-order valence-corrected chi connectivity index (χ0v) is 18.8. The molecule has 3 heteroatoms. The standard InChI is InChI=1S/C28H31FO2/c1-20(2)27(30)22-13-15-23(16-14-22)28(3,4)18-8-9-21-12-17-25(29)26(19-21)31-24-10-6-5-7-11-24/h5-7,10-17,19-20H,8-9,18H2,1-4H3. The van der Waals surface area contributed by atoms with E-state index in [1.54, 1.807) is 6.07 Å². The number of hydrogen-bond acceptors (Lipinski definition) is 2. The van der Waals surface area contributed by atoms with Gasteiger partial charge in [-0.2, -0.15) is 0 Å². The summed E-state index contributed by atoms with van der Waals surface area (Å²) in [5, 5.41) is 0. The molecule has 2 nitrogen and oxygen atoms in total. The van der Waals surface area contributed by atoms with Crippen molar-refractivity contribution in [2.75, 3.05) is 0 Å². The number of rotatable bonds is 9. The third-order valence-corrected chi connectivity index (χ3v) is 5.71. The average Bonchev–Trinajstić information content (AvgIpc) is 2.76. The highest BCUT2D eigenvalue weighted by atomic mass is 19.1. The molecule has 3 rings (SSSR count). The van der Waals surface area contributed by atoms with E-state index in [1.165, 1.54) is 11.6 Å². The highest BCUT2D eigenvalue weighted by Crippen LogP contribution is 2.31. The Kier molecular flexibility index (Phi) is 7.27. The molecule has 0 N–H and O–H groups in total. The van der Waals surface area contributed by atoms with Crippen LogP contribution >= 0.6 is 0 Å². The fraction of sp³-hybridized carbons (Fsp3) is 0.321. The van der Waals surface area contributed by atoms with Gasteiger partial charge in [0, 0.05) is 11.5 Å². The Morgan fingerprint density at radius 3 is 2.29 bits per heavy atom. The fourth-order valence-corrected chi connectivity index (χ4v) is 3.69. The predicted octanol–water partition coefficient (Wildman–Crippen LogP) is 7.76. The Labute approximate surface area is 185 Å². The van der Waals surface area contributed by atoms with E-state index in [2.05, 4.69) is 26.0 Å². The molecule has 0 aliphatic carbocycles. The first-order chi connectivity index (χ1) is 14.8. The number of ketones is 1. The molecule has 0 atom stereocenters. The second kappa shape index (κ2) is 9.91. The number of ether oxygens (including phenoxy) is 1. The van der Waals surface area contributed by atoms with Gasteiger partial charge in [-0.3, -0.25) is 4.79 Å². The first kappa shape index (κ1) is 22.7. The van der Waals surface area contributed by atoms with Crippen molar-refractivity contribution in [2.24, 2.45) is 5.92 Å². The molecular formula is C28H31FO2. The lowest BCUT2D eigenvalue weighted by molar-refractivity contribution is 0.0939. The zero-order chi connectivity index (χ0) is 22.4. The lowest BCUT2D eigenvalue weighted by atomic mass is 9.79. The summed E-state index contributed by atoms with van der Waals surface area (Å²) in [6.45, 7) is 8.29. The number of para-hydroxylation sites is 1. The molecular weight excluding hydrogens is 387 g/mol. The van der Waals surface area contributed by atoms with E-state index in [9.17, 15) is 9.18 Å². The van der Waals surface area contributed by atoms with Gasteiger partial charge in [0.1, 0.15) is 5.75 Å². The van der Waals surface area contributed by atoms with E-state index in [-0.39, 0.29) is 28.7 Å². The van der Waals surface area contributed by atoms with Gasteiger partial charge in [-0.15, -0.1) is 0 Å². The maximum atomic E-state index is 14.2. The van der Waals surface area contributed by atoms with Gasteiger partial charge in [-0.1, -0.05) is 76.2 Å². The van der Waals surface area contributed by atoms with Gasteiger partial charge in [0.15, 0.2) is 17.3 Å². The van der Waals surface area contributed by atoms with Crippen molar-refractivity contribution in [3.8, 4) is 11.5 Å². The molecule has 3 aromatic rings. The van der Waals surface area contributed by atoms with E-state index in [0.717, 1.165) is 30.4 Å². The fourth-order valence-electron chi connectivity index (χ4n) is 3.69. The molecule has 0 aliphatic rings. The van der Waals surface area contributed by atoms with Gasteiger partial charge in [-0.25, -0.2) is 4.39 Å². The summed E-state index contributed by atoms with van der Waals surface area (Å²) in [6.07, 6.45) is 2.80. The van der Waals surface area contributed by atoms with Crippen LogP contribution in [0.1, 0.15) is 62.0 Å². The van der Waals surface area contributed by atoms with Gasteiger partial charge < -0.3 is 4.74 Å². The van der Waals surface area contributed by atoms with Crippen LogP contribution in [-0.4, -0.2) is 5.78 Å². The molecule has 0 aliphatic heterocycles. The molecule has 0 amide bonds. The van der Waals surface area contributed by atoms with Crippen molar-refractivity contribution in [1.82, 2.24) is 0 Å². The molecule has 0 radical (unpaired) electrons. The van der Waals surface area contributed by atoms with Gasteiger partial charge in [0.05, 0.1) is 0 Å². The van der Waals surface area contributed by atoms with E-state index in [1.807, 2.05) is 62.4 Å². The average molecular weight is 419 g/mol. The monoisotopic (exact) mass is 418 g/mol. The molecule has 0 aromatic heterocycles. The number of benzene rings is 3. The number of aryl methyl sites for hydroxylation is 1. The topological polar surface area (TPSA) is 26.3 Å². The summed E-state index contributed by atoms with van der Waals surface area (Å²) in [6, 6.07) is 22.4. The second-order valence-corrected chi connectivity index (χ2v) is 9.01. The van der Waals surface area contributed by atoms with Crippen molar-refractivity contribution in [3.05, 3.63) is 95.3 Å². The normalized spacial score (nSPS) is 11.5. The van der Waals surface area contributed by atoms with Crippen LogP contribution in [0.15, 0.2) is 72.8 Å². The van der Waals surface area contributed by atoms with E-state index in [4.69, 9.17) is 4.74 Å². The van der Waals surface area contributed by atoms with Gasteiger partial charge >= 0.3 is 0 Å². The molecule has 0 saturated carbocycles. The summed E-state index contributed by atoms with van der Waals surface area (Å²) in [5.74, 6) is 0.705. The van der Waals surface area contributed by atoms with Gasteiger partial charge in [-0.05, 0) is 60.1 Å². The number of halogens is 1. The molecule has 0 heterocycles. The molecule has 162 valence electrons. The zero-order valence-electron chi connectivity index (χ0n) is 18.8. The lowest BCUT2D eigenvalue weighted by Crippen LogP contribution is -2.18. The maximum Gasteiger partial charge on any atom is 0.165 e. The van der Waals surface area contributed by atoms with Crippen molar-refractivity contribution >= 4 is 5.78 Å². The highest BCUT2D eigenvalue weighted by Gasteiger charge is 2.21. The molecule has 0 saturated heterocycles. The van der Waals surface area contributed by atoms with E-state index in [0.29, 0.717) is 5.75 Å². The third kappa shape index (κ3) is 6.04. The minimum atomic E-state index is -0.357. The predicted molar refractivity (Wildman–Crippen MR) is 124 cm³/mol. The van der Waals surface area contributed by atoms with Crippen LogP contribution < -0.4 is 4.74 Å². The van der Waals surface area contributed by atoms with Crippen molar-refractivity contribution < 1.29 is 13.9 Å². The van der Waals surface area contributed by atoms with Crippen LogP contribution in [0, 0.1) is 11.7 Å². The summed E-state index contributed by atoms with van der Waals surface area (Å²) in [5.41, 5.74) is 3.04. The van der Waals surface area contributed by atoms with E-state index >= 15 is 0 Å². The van der Waals surface area contributed by atoms with Crippen LogP contribution in [0.4, 0.5) is 4.39 Å². The van der Waals surface area contributed by atoms with Crippen molar-refractivity contribution in [3.63, 3.8) is 0 Å². The van der Waals surface area contributed by atoms with Crippen molar-refractivity contribution in [1.29, 1.82) is 0 Å². The van der Waals surface area contributed by atoms with Crippen LogP contribution in [0.25, 0.3) is 0 Å². The maximum absolute atomic E-state index is 14.2. The SMILES string of the molecule is CC(C)C(=O)c1ccc(C(C)(C)CCCc2ccc(F)c(Oc3ccccc3)c2)cc1. The summed E-state index contributed by atoms with van der Waals surface area (Å²) >= 11 is 0. The Balaban J connectivity index is 1.61. The largest absolute Gasteiger partial charge is 0.454 e. The Hall–Kier alpha value is -2.94. The minimum Gasteiger partial charge on any atom is -0.454 e. The summed E-state index contributed by atoms with van der Waals surface area (Å²) in [7, 11) is 0.